The van der Waals surface area contributed by atoms with Gasteiger partial charge in [0.05, 0.1) is 34.0 Å². The van der Waals surface area contributed by atoms with Crippen molar-refractivity contribution in [2.24, 2.45) is 0 Å². The van der Waals surface area contributed by atoms with Gasteiger partial charge in [-0.1, -0.05) is 23.2 Å². The van der Waals surface area contributed by atoms with E-state index in [2.05, 4.69) is 4.98 Å². The molecule has 6 nitrogen and oxygen atoms in total. The van der Waals surface area contributed by atoms with E-state index in [1.807, 2.05) is 0 Å². The number of aliphatic hydroxyl groups excluding tert-OH is 3. The molecule has 108 valence electrons. The number of aromatic nitrogens is 2. The molecule has 0 bridgehead atoms. The Morgan fingerprint density at radius 2 is 1.85 bits per heavy atom. The molecule has 1 aliphatic rings. The summed E-state index contributed by atoms with van der Waals surface area (Å²) in [7, 11) is 0. The molecule has 3 rings (SSSR count). The van der Waals surface area contributed by atoms with E-state index in [1.54, 1.807) is 16.7 Å². The Hall–Kier alpha value is -0.890. The maximum atomic E-state index is 10.0. The molecule has 4 unspecified atom stereocenters. The largest absolute Gasteiger partial charge is 0.388 e. The molecule has 2 aromatic rings. The topological polar surface area (TPSA) is 87.7 Å². The Kier molecular flexibility index (Phi) is 3.62. The molecule has 1 saturated heterocycles. The fourth-order valence-electron chi connectivity index (χ4n) is 2.26. The number of hydrogen-bond donors (Lipinski definition) is 3. The van der Waals surface area contributed by atoms with E-state index in [9.17, 15) is 15.3 Å². The van der Waals surface area contributed by atoms with Crippen LogP contribution < -0.4 is 0 Å². The number of imidazole rings is 1. The number of halogens is 2. The van der Waals surface area contributed by atoms with Gasteiger partial charge in [0.25, 0.3) is 0 Å². The van der Waals surface area contributed by atoms with E-state index < -0.39 is 24.5 Å². The van der Waals surface area contributed by atoms with Crippen LogP contribution in [0.4, 0.5) is 0 Å². The quantitative estimate of drug-likeness (QED) is 0.728. The van der Waals surface area contributed by atoms with Gasteiger partial charge in [0.1, 0.15) is 18.3 Å². The summed E-state index contributed by atoms with van der Waals surface area (Å²) >= 11 is 11.9. The van der Waals surface area contributed by atoms with Crippen LogP contribution in [-0.2, 0) is 4.74 Å². The molecule has 0 spiro atoms. The monoisotopic (exact) mass is 318 g/mol. The number of rotatable bonds is 1. The molecule has 0 aliphatic carbocycles. The van der Waals surface area contributed by atoms with E-state index in [0.717, 1.165) is 0 Å². The van der Waals surface area contributed by atoms with Crippen molar-refractivity contribution >= 4 is 34.2 Å². The predicted octanol–water partition coefficient (Wildman–Crippen LogP) is 0.955. The molecule has 1 aromatic heterocycles. The van der Waals surface area contributed by atoms with Crippen molar-refractivity contribution in [3.63, 3.8) is 0 Å². The van der Waals surface area contributed by atoms with Gasteiger partial charge in [-0.25, -0.2) is 4.98 Å². The molecule has 1 aliphatic heterocycles. The van der Waals surface area contributed by atoms with Gasteiger partial charge in [0.15, 0.2) is 6.23 Å². The molecule has 8 heteroatoms. The summed E-state index contributed by atoms with van der Waals surface area (Å²) in [6.45, 7) is -0.0795. The maximum absolute atomic E-state index is 10.0. The van der Waals surface area contributed by atoms with Crippen molar-refractivity contribution in [2.45, 2.75) is 24.5 Å². The van der Waals surface area contributed by atoms with Gasteiger partial charge in [0.2, 0.25) is 0 Å². The first-order valence-electron chi connectivity index (χ1n) is 5.96. The Morgan fingerprint density at radius 3 is 2.60 bits per heavy atom. The minimum atomic E-state index is -1.28. The zero-order chi connectivity index (χ0) is 14.4. The lowest BCUT2D eigenvalue weighted by Crippen LogP contribution is -2.50. The summed E-state index contributed by atoms with van der Waals surface area (Å²) in [5, 5.41) is 29.9. The maximum Gasteiger partial charge on any atom is 0.164 e. The smallest absolute Gasteiger partial charge is 0.164 e. The highest BCUT2D eigenvalue weighted by atomic mass is 35.5. The molecular weight excluding hydrogens is 307 g/mol. The molecule has 4 atom stereocenters. The number of fused-ring (bicyclic) bond motifs is 1. The van der Waals surface area contributed by atoms with Gasteiger partial charge < -0.3 is 24.6 Å². The lowest BCUT2D eigenvalue weighted by Gasteiger charge is -2.35. The van der Waals surface area contributed by atoms with Crippen LogP contribution in [0.25, 0.3) is 11.0 Å². The van der Waals surface area contributed by atoms with Crippen LogP contribution in [0.15, 0.2) is 18.5 Å². The SMILES string of the molecule is OC1COC(n2cnc3cc(Cl)c(Cl)cc32)C(O)C1O. The van der Waals surface area contributed by atoms with Crippen molar-refractivity contribution in [3.05, 3.63) is 28.5 Å². The Balaban J connectivity index is 2.04. The van der Waals surface area contributed by atoms with E-state index in [-0.39, 0.29) is 6.61 Å². The summed E-state index contributed by atoms with van der Waals surface area (Å²) in [5.41, 5.74) is 1.21. The average Bonchev–Trinajstić information content (AvgIpc) is 2.80. The summed E-state index contributed by atoms with van der Waals surface area (Å²) in [6, 6.07) is 3.22. The predicted molar refractivity (Wildman–Crippen MR) is 72.8 cm³/mol. The highest BCUT2D eigenvalue weighted by Crippen LogP contribution is 2.31. The highest BCUT2D eigenvalue weighted by Gasteiger charge is 2.39. The minimum absolute atomic E-state index is 0.0795. The third-order valence-corrected chi connectivity index (χ3v) is 4.09. The lowest BCUT2D eigenvalue weighted by molar-refractivity contribution is -0.209. The molecule has 0 amide bonds. The molecule has 1 fully saturated rings. The van der Waals surface area contributed by atoms with Gasteiger partial charge in [-0.3, -0.25) is 0 Å². The van der Waals surface area contributed by atoms with E-state index in [4.69, 9.17) is 27.9 Å². The van der Waals surface area contributed by atoms with E-state index in [1.165, 1.54) is 6.33 Å². The number of ether oxygens (including phenoxy) is 1. The fraction of sp³-hybridized carbons (Fsp3) is 0.417. The highest BCUT2D eigenvalue weighted by molar-refractivity contribution is 6.42. The van der Waals surface area contributed by atoms with Gasteiger partial charge >= 0.3 is 0 Å². The van der Waals surface area contributed by atoms with E-state index in [0.29, 0.717) is 21.1 Å². The van der Waals surface area contributed by atoms with Gasteiger partial charge in [-0.15, -0.1) is 0 Å². The normalized spacial score (nSPS) is 30.9. The minimum Gasteiger partial charge on any atom is -0.388 e. The molecular formula is C12H12Cl2N2O4. The third-order valence-electron chi connectivity index (χ3n) is 3.37. The van der Waals surface area contributed by atoms with Crippen LogP contribution in [0, 0.1) is 0 Å². The number of nitrogens with zero attached hydrogens (tertiary/aromatic N) is 2. The van der Waals surface area contributed by atoms with Crippen molar-refractivity contribution in [1.82, 2.24) is 9.55 Å². The second-order valence-corrected chi connectivity index (χ2v) is 5.49. The third kappa shape index (κ3) is 2.18. The molecule has 20 heavy (non-hydrogen) atoms. The number of hydrogen-bond acceptors (Lipinski definition) is 5. The van der Waals surface area contributed by atoms with Crippen LogP contribution in [0.1, 0.15) is 6.23 Å². The first kappa shape index (κ1) is 14.1. The summed E-state index contributed by atoms with van der Waals surface area (Å²) in [4.78, 5) is 4.16. The van der Waals surface area contributed by atoms with Crippen LogP contribution in [0.5, 0.6) is 0 Å². The average molecular weight is 319 g/mol. The summed E-state index contributed by atoms with van der Waals surface area (Å²) in [6.07, 6.45) is -3.06. The van der Waals surface area contributed by atoms with Gasteiger partial charge in [-0.2, -0.15) is 0 Å². The Morgan fingerprint density at radius 1 is 1.15 bits per heavy atom. The van der Waals surface area contributed by atoms with E-state index >= 15 is 0 Å². The Labute approximate surface area is 124 Å². The fourth-order valence-corrected chi connectivity index (χ4v) is 2.58. The second kappa shape index (κ2) is 5.14. The van der Waals surface area contributed by atoms with Crippen LogP contribution in [-0.4, -0.2) is 49.8 Å². The van der Waals surface area contributed by atoms with Gasteiger partial charge in [0, 0.05) is 0 Å². The van der Waals surface area contributed by atoms with Crippen molar-refractivity contribution in [3.8, 4) is 0 Å². The van der Waals surface area contributed by atoms with Gasteiger partial charge in [-0.05, 0) is 12.1 Å². The molecule has 3 N–H and O–H groups in total. The standard InChI is InChI=1S/C12H12Cl2N2O4/c13-5-1-7-8(2-6(5)14)16(4-15-7)12-11(19)10(18)9(17)3-20-12/h1-2,4,9-12,17-19H,3H2. The summed E-state index contributed by atoms with van der Waals surface area (Å²) in [5.74, 6) is 0. The van der Waals surface area contributed by atoms with Crippen molar-refractivity contribution < 1.29 is 20.1 Å². The van der Waals surface area contributed by atoms with Crippen LogP contribution in [0.3, 0.4) is 0 Å². The molecule has 1 aromatic carbocycles. The first-order chi connectivity index (χ1) is 9.49. The molecule has 0 saturated carbocycles. The zero-order valence-electron chi connectivity index (χ0n) is 10.1. The lowest BCUT2D eigenvalue weighted by atomic mass is 10.0. The van der Waals surface area contributed by atoms with Crippen molar-refractivity contribution in [1.29, 1.82) is 0 Å². The first-order valence-corrected chi connectivity index (χ1v) is 6.72. The zero-order valence-corrected chi connectivity index (χ0v) is 11.7. The Bertz CT molecular complexity index is 648. The summed E-state index contributed by atoms with van der Waals surface area (Å²) < 4.78 is 6.94. The van der Waals surface area contributed by atoms with Crippen LogP contribution in [0.2, 0.25) is 10.0 Å². The van der Waals surface area contributed by atoms with Crippen molar-refractivity contribution in [2.75, 3.05) is 6.61 Å². The number of aliphatic hydroxyl groups is 3. The molecule has 2 heterocycles. The van der Waals surface area contributed by atoms with Crippen LogP contribution >= 0.6 is 23.2 Å². The molecule has 0 radical (unpaired) electrons. The second-order valence-electron chi connectivity index (χ2n) is 4.68. The number of benzene rings is 1.